The van der Waals surface area contributed by atoms with E-state index in [1.165, 1.54) is 0 Å². The number of rotatable bonds is 4. The number of aromatic nitrogens is 1. The van der Waals surface area contributed by atoms with Crippen molar-refractivity contribution in [3.63, 3.8) is 0 Å². The molecule has 2 rings (SSSR count). The van der Waals surface area contributed by atoms with Gasteiger partial charge < -0.3 is 10.1 Å². The van der Waals surface area contributed by atoms with Gasteiger partial charge in [0.15, 0.2) is 0 Å². The summed E-state index contributed by atoms with van der Waals surface area (Å²) in [4.78, 5) is 15.7. The first kappa shape index (κ1) is 13.6. The number of pyridine rings is 1. The van der Waals surface area contributed by atoms with Gasteiger partial charge in [-0.2, -0.15) is 5.26 Å². The van der Waals surface area contributed by atoms with E-state index in [2.05, 4.69) is 10.3 Å². The maximum absolute atomic E-state index is 11.4. The number of benzene rings is 1. The van der Waals surface area contributed by atoms with Crippen molar-refractivity contribution in [1.29, 1.82) is 5.26 Å². The Balaban J connectivity index is 2.25. The summed E-state index contributed by atoms with van der Waals surface area (Å²) in [5.74, 6) is 0.199. The third kappa shape index (κ3) is 3.33. The summed E-state index contributed by atoms with van der Waals surface area (Å²) in [6.45, 7) is 0. The lowest BCUT2D eigenvalue weighted by Gasteiger charge is -2.07. The minimum atomic E-state index is -0.330. The average molecular weight is 267 g/mol. The Hall–Kier alpha value is -2.87. The zero-order valence-electron chi connectivity index (χ0n) is 11.0. The van der Waals surface area contributed by atoms with Crippen LogP contribution in [0.15, 0.2) is 42.5 Å². The molecule has 0 aliphatic carbocycles. The number of ether oxygens (including phenoxy) is 1. The first-order valence-corrected chi connectivity index (χ1v) is 6.01. The molecular weight excluding hydrogens is 254 g/mol. The lowest BCUT2D eigenvalue weighted by Crippen LogP contribution is -2.09. The number of methoxy groups -OCH3 is 1. The van der Waals surface area contributed by atoms with E-state index >= 15 is 0 Å². The minimum Gasteiger partial charge on any atom is -0.481 e. The van der Waals surface area contributed by atoms with E-state index in [1.54, 1.807) is 25.3 Å². The number of amides is 1. The molecule has 2 aromatic rings. The molecule has 1 N–H and O–H groups in total. The van der Waals surface area contributed by atoms with Gasteiger partial charge in [-0.15, -0.1) is 0 Å². The van der Waals surface area contributed by atoms with Crippen LogP contribution in [-0.2, 0) is 4.79 Å². The van der Waals surface area contributed by atoms with Crippen LogP contribution in [0.25, 0.3) is 11.3 Å². The van der Waals surface area contributed by atoms with Crippen molar-refractivity contribution in [1.82, 2.24) is 4.98 Å². The van der Waals surface area contributed by atoms with Crippen molar-refractivity contribution >= 4 is 11.6 Å². The molecule has 0 saturated heterocycles. The number of nitrogens with one attached hydrogen (secondary N) is 1. The molecule has 1 aromatic heterocycles. The van der Waals surface area contributed by atoms with Crippen molar-refractivity contribution in [3.05, 3.63) is 42.5 Å². The maximum Gasteiger partial charge on any atom is 0.238 e. The van der Waals surface area contributed by atoms with Crippen molar-refractivity contribution in [2.24, 2.45) is 0 Å². The third-order valence-corrected chi connectivity index (χ3v) is 2.61. The maximum atomic E-state index is 11.4. The predicted molar refractivity (Wildman–Crippen MR) is 75.1 cm³/mol. The third-order valence-electron chi connectivity index (χ3n) is 2.61. The molecule has 0 spiro atoms. The molecule has 1 amide bonds. The van der Waals surface area contributed by atoms with Gasteiger partial charge in [0.05, 0.1) is 18.9 Å². The summed E-state index contributed by atoms with van der Waals surface area (Å²) in [5.41, 5.74) is 2.24. The number of carbonyl (C=O) groups is 1. The molecule has 1 heterocycles. The molecule has 0 aliphatic rings. The highest BCUT2D eigenvalue weighted by atomic mass is 16.5. The molecule has 0 bridgehead atoms. The van der Waals surface area contributed by atoms with E-state index in [4.69, 9.17) is 10.00 Å². The number of carbonyl (C=O) groups excluding carboxylic acids is 1. The lowest BCUT2D eigenvalue weighted by molar-refractivity contribution is -0.115. The predicted octanol–water partition coefficient (Wildman–Crippen LogP) is 2.61. The molecule has 0 atom stereocenters. The molecule has 0 radical (unpaired) electrons. The smallest absolute Gasteiger partial charge is 0.238 e. The highest BCUT2D eigenvalue weighted by Crippen LogP contribution is 2.22. The second kappa shape index (κ2) is 6.34. The van der Waals surface area contributed by atoms with E-state index in [9.17, 15) is 4.79 Å². The molecule has 100 valence electrons. The van der Waals surface area contributed by atoms with E-state index in [-0.39, 0.29) is 12.3 Å². The van der Waals surface area contributed by atoms with Crippen LogP contribution in [0.2, 0.25) is 0 Å². The van der Waals surface area contributed by atoms with Gasteiger partial charge in [-0.05, 0) is 18.2 Å². The van der Waals surface area contributed by atoms with Gasteiger partial charge in [0.2, 0.25) is 11.8 Å². The van der Waals surface area contributed by atoms with E-state index in [1.807, 2.05) is 30.3 Å². The molecule has 0 unspecified atom stereocenters. The Bertz CT molecular complexity index is 662. The van der Waals surface area contributed by atoms with Crippen molar-refractivity contribution < 1.29 is 9.53 Å². The van der Waals surface area contributed by atoms with E-state index < -0.39 is 0 Å². The Labute approximate surface area is 116 Å². The summed E-state index contributed by atoms with van der Waals surface area (Å²) in [6, 6.07) is 14.6. The van der Waals surface area contributed by atoms with Gasteiger partial charge in [-0.3, -0.25) is 4.79 Å². The standard InChI is InChI=1S/C15H13N3O2/c1-20-15-7-3-6-13(18-15)11-4-2-5-12(10-11)17-14(19)8-9-16/h2-7,10H,8H2,1H3,(H,17,19). The van der Waals surface area contributed by atoms with Crippen LogP contribution >= 0.6 is 0 Å². The number of nitrogens with zero attached hydrogens (tertiary/aromatic N) is 2. The highest BCUT2D eigenvalue weighted by molar-refractivity contribution is 5.92. The van der Waals surface area contributed by atoms with Gasteiger partial charge in [0, 0.05) is 17.3 Å². The fourth-order valence-electron chi connectivity index (χ4n) is 1.72. The molecular formula is C15H13N3O2. The average Bonchev–Trinajstić information content (AvgIpc) is 2.48. The molecule has 0 saturated carbocycles. The summed E-state index contributed by atoms with van der Waals surface area (Å²) in [7, 11) is 1.56. The van der Waals surface area contributed by atoms with E-state index in [0.717, 1.165) is 11.3 Å². The monoisotopic (exact) mass is 267 g/mol. The first-order valence-electron chi connectivity index (χ1n) is 6.01. The first-order chi connectivity index (χ1) is 9.72. The quantitative estimate of drug-likeness (QED) is 0.923. The highest BCUT2D eigenvalue weighted by Gasteiger charge is 2.05. The second-order valence-corrected chi connectivity index (χ2v) is 4.03. The van der Waals surface area contributed by atoms with Crippen LogP contribution in [0, 0.1) is 11.3 Å². The summed E-state index contributed by atoms with van der Waals surface area (Å²) >= 11 is 0. The Morgan fingerprint density at radius 2 is 2.15 bits per heavy atom. The van der Waals surface area contributed by atoms with Crippen LogP contribution in [0.3, 0.4) is 0 Å². The Morgan fingerprint density at radius 3 is 2.90 bits per heavy atom. The number of anilines is 1. The number of nitriles is 1. The lowest BCUT2D eigenvalue weighted by atomic mass is 10.1. The van der Waals surface area contributed by atoms with Crippen LogP contribution in [0.4, 0.5) is 5.69 Å². The fraction of sp³-hybridized carbons (Fsp3) is 0.133. The van der Waals surface area contributed by atoms with Crippen LogP contribution < -0.4 is 10.1 Å². The van der Waals surface area contributed by atoms with Crippen molar-refractivity contribution in [3.8, 4) is 23.2 Å². The van der Waals surface area contributed by atoms with Gasteiger partial charge in [0.25, 0.3) is 0 Å². The second-order valence-electron chi connectivity index (χ2n) is 4.03. The van der Waals surface area contributed by atoms with Crippen LogP contribution in [0.1, 0.15) is 6.42 Å². The van der Waals surface area contributed by atoms with Crippen molar-refractivity contribution in [2.75, 3.05) is 12.4 Å². The summed E-state index contributed by atoms with van der Waals surface area (Å²) in [5, 5.41) is 11.1. The van der Waals surface area contributed by atoms with Gasteiger partial charge in [-0.1, -0.05) is 18.2 Å². The van der Waals surface area contributed by atoms with Gasteiger partial charge >= 0.3 is 0 Å². The molecule has 0 aliphatic heterocycles. The zero-order valence-corrected chi connectivity index (χ0v) is 11.0. The Morgan fingerprint density at radius 1 is 1.35 bits per heavy atom. The minimum absolute atomic E-state index is 0.165. The topological polar surface area (TPSA) is 75.0 Å². The summed E-state index contributed by atoms with van der Waals surface area (Å²) in [6.07, 6.45) is -0.165. The fourth-order valence-corrected chi connectivity index (χ4v) is 1.72. The number of hydrogen-bond donors (Lipinski definition) is 1. The van der Waals surface area contributed by atoms with E-state index in [0.29, 0.717) is 11.6 Å². The molecule has 20 heavy (non-hydrogen) atoms. The SMILES string of the molecule is COc1cccc(-c2cccc(NC(=O)CC#N)c2)n1. The number of hydrogen-bond acceptors (Lipinski definition) is 4. The largest absolute Gasteiger partial charge is 0.481 e. The van der Waals surface area contributed by atoms with Gasteiger partial charge in [0.1, 0.15) is 6.42 Å². The van der Waals surface area contributed by atoms with Gasteiger partial charge in [-0.25, -0.2) is 4.98 Å². The Kier molecular flexibility index (Phi) is 4.30. The van der Waals surface area contributed by atoms with Crippen LogP contribution in [-0.4, -0.2) is 18.0 Å². The molecule has 5 nitrogen and oxygen atoms in total. The zero-order chi connectivity index (χ0) is 14.4. The molecule has 5 heteroatoms. The summed E-state index contributed by atoms with van der Waals surface area (Å²) < 4.78 is 5.09. The molecule has 1 aromatic carbocycles. The van der Waals surface area contributed by atoms with Crippen molar-refractivity contribution in [2.45, 2.75) is 6.42 Å². The van der Waals surface area contributed by atoms with Crippen LogP contribution in [0.5, 0.6) is 5.88 Å². The molecule has 0 fully saturated rings. The normalized spacial score (nSPS) is 9.60.